The van der Waals surface area contributed by atoms with Gasteiger partial charge < -0.3 is 10.2 Å². The van der Waals surface area contributed by atoms with E-state index in [1.807, 2.05) is 5.38 Å². The van der Waals surface area contributed by atoms with Gasteiger partial charge in [-0.1, -0.05) is 6.92 Å². The Morgan fingerprint density at radius 1 is 1.55 bits per heavy atom. The number of urea groups is 1. The van der Waals surface area contributed by atoms with Crippen LogP contribution < -0.4 is 10.6 Å². The number of aromatic nitrogens is 3. The van der Waals surface area contributed by atoms with Crippen LogP contribution in [0.5, 0.6) is 0 Å². The van der Waals surface area contributed by atoms with Gasteiger partial charge >= 0.3 is 6.03 Å². The number of anilines is 1. The van der Waals surface area contributed by atoms with Crippen molar-refractivity contribution in [3.8, 4) is 5.13 Å². The fraction of sp³-hybridized carbons (Fsp3) is 0.500. The molecule has 0 saturated heterocycles. The van der Waals surface area contributed by atoms with Crippen LogP contribution in [0, 0.1) is 0 Å². The summed E-state index contributed by atoms with van der Waals surface area (Å²) in [5.74, 6) is 0.503. The van der Waals surface area contributed by atoms with Crippen molar-refractivity contribution in [2.24, 2.45) is 0 Å². The summed E-state index contributed by atoms with van der Waals surface area (Å²) in [6.45, 7) is 5.74. The second kappa shape index (κ2) is 7.90. The molecule has 0 aliphatic heterocycles. The lowest BCUT2D eigenvalue weighted by atomic mass is 10.2. The van der Waals surface area contributed by atoms with E-state index in [-0.39, 0.29) is 6.03 Å². The maximum atomic E-state index is 11.8. The largest absolute Gasteiger partial charge is 0.337 e. The molecule has 2 heterocycles. The number of amides is 2. The lowest BCUT2D eigenvalue weighted by Crippen LogP contribution is -2.38. The third-order valence-corrected chi connectivity index (χ3v) is 4.30. The van der Waals surface area contributed by atoms with Gasteiger partial charge in [0.1, 0.15) is 0 Å². The molecule has 0 unspecified atom stereocenters. The van der Waals surface area contributed by atoms with E-state index in [1.54, 1.807) is 23.1 Å². The van der Waals surface area contributed by atoms with E-state index in [4.69, 9.17) is 0 Å². The molecule has 2 rings (SSSR count). The third-order valence-electron chi connectivity index (χ3n) is 3.54. The Morgan fingerprint density at radius 2 is 2.36 bits per heavy atom. The second-order valence-corrected chi connectivity index (χ2v) is 5.95. The molecule has 22 heavy (non-hydrogen) atoms. The molecular formula is C14H22N6OS. The zero-order valence-electron chi connectivity index (χ0n) is 13.1. The lowest BCUT2D eigenvalue weighted by Gasteiger charge is -2.23. The van der Waals surface area contributed by atoms with Crippen molar-refractivity contribution in [2.45, 2.75) is 26.3 Å². The predicted molar refractivity (Wildman–Crippen MR) is 88.6 cm³/mol. The Kier molecular flexibility index (Phi) is 5.91. The summed E-state index contributed by atoms with van der Waals surface area (Å²) in [7, 11) is 2.06. The van der Waals surface area contributed by atoms with Crippen LogP contribution in [0.25, 0.3) is 5.13 Å². The van der Waals surface area contributed by atoms with Crippen molar-refractivity contribution in [3.63, 3.8) is 0 Å². The molecule has 0 aliphatic carbocycles. The quantitative estimate of drug-likeness (QED) is 0.819. The fourth-order valence-corrected chi connectivity index (χ4v) is 2.44. The summed E-state index contributed by atoms with van der Waals surface area (Å²) < 4.78 is 1.64. The maximum absolute atomic E-state index is 11.8. The summed E-state index contributed by atoms with van der Waals surface area (Å²) in [5.41, 5.74) is 0. The van der Waals surface area contributed by atoms with Crippen LogP contribution in [-0.2, 0) is 0 Å². The summed E-state index contributed by atoms with van der Waals surface area (Å²) in [6.07, 6.45) is 4.58. The average Bonchev–Trinajstić information content (AvgIpc) is 3.16. The predicted octanol–water partition coefficient (Wildman–Crippen LogP) is 2.18. The molecule has 0 aliphatic rings. The number of carbonyl (C=O) groups is 1. The molecule has 2 N–H and O–H groups in total. The van der Waals surface area contributed by atoms with E-state index >= 15 is 0 Å². The minimum absolute atomic E-state index is 0.248. The highest BCUT2D eigenvalue weighted by atomic mass is 32.1. The Bertz CT molecular complexity index is 582. The minimum atomic E-state index is -0.248. The Balaban J connectivity index is 1.76. The van der Waals surface area contributed by atoms with Crippen LogP contribution in [0.3, 0.4) is 0 Å². The first-order valence-electron chi connectivity index (χ1n) is 7.30. The highest BCUT2D eigenvalue weighted by Gasteiger charge is 2.08. The number of likely N-dealkylation sites (N-methyl/N-ethyl adjacent to an activating group) is 1. The molecule has 7 nitrogen and oxygen atoms in total. The number of carbonyl (C=O) groups excluding carboxylic acids is 1. The molecule has 0 spiro atoms. The van der Waals surface area contributed by atoms with Gasteiger partial charge in [-0.25, -0.2) is 14.5 Å². The normalized spacial score (nSPS) is 12.4. The zero-order valence-corrected chi connectivity index (χ0v) is 13.9. The van der Waals surface area contributed by atoms with Crippen LogP contribution in [0.1, 0.15) is 20.3 Å². The summed E-state index contributed by atoms with van der Waals surface area (Å²) in [4.78, 5) is 18.2. The Labute approximate surface area is 134 Å². The van der Waals surface area contributed by atoms with E-state index in [0.717, 1.165) is 18.1 Å². The van der Waals surface area contributed by atoms with Gasteiger partial charge in [-0.2, -0.15) is 0 Å². The highest BCUT2D eigenvalue weighted by Crippen LogP contribution is 2.12. The summed E-state index contributed by atoms with van der Waals surface area (Å²) >= 11 is 1.49. The van der Waals surface area contributed by atoms with Gasteiger partial charge in [0.15, 0.2) is 5.82 Å². The molecule has 2 aromatic heterocycles. The number of rotatable bonds is 7. The van der Waals surface area contributed by atoms with Crippen LogP contribution in [0.15, 0.2) is 23.8 Å². The molecule has 0 saturated carbocycles. The number of hydrogen-bond acceptors (Lipinski definition) is 5. The van der Waals surface area contributed by atoms with Gasteiger partial charge in [0.25, 0.3) is 0 Å². The topological polar surface area (TPSA) is 75.1 Å². The molecule has 2 amide bonds. The lowest BCUT2D eigenvalue weighted by molar-refractivity contribution is 0.238. The standard InChI is InChI=1S/C14H22N6OS/c1-4-11(2)19(3)9-6-15-13(21)17-12-5-8-20(18-12)14-16-7-10-22-14/h5,7-8,10-11H,4,6,9H2,1-3H3,(H2,15,17,18,21)/t11-/m0/s1. The number of nitrogens with zero attached hydrogens (tertiary/aromatic N) is 4. The molecule has 0 aromatic carbocycles. The molecule has 2 aromatic rings. The van der Waals surface area contributed by atoms with Crippen molar-refractivity contribution in [3.05, 3.63) is 23.8 Å². The second-order valence-electron chi connectivity index (χ2n) is 5.08. The molecule has 8 heteroatoms. The van der Waals surface area contributed by atoms with Gasteiger partial charge in [0, 0.05) is 43.0 Å². The van der Waals surface area contributed by atoms with E-state index in [1.165, 1.54) is 11.3 Å². The van der Waals surface area contributed by atoms with E-state index in [0.29, 0.717) is 18.4 Å². The summed E-state index contributed by atoms with van der Waals surface area (Å²) in [5, 5.41) is 12.5. The van der Waals surface area contributed by atoms with Crippen LogP contribution in [0.2, 0.25) is 0 Å². The molecular weight excluding hydrogens is 300 g/mol. The molecule has 1 atom stereocenters. The fourth-order valence-electron chi connectivity index (χ4n) is 1.86. The molecule has 120 valence electrons. The monoisotopic (exact) mass is 322 g/mol. The van der Waals surface area contributed by atoms with Crippen molar-refractivity contribution in [1.29, 1.82) is 0 Å². The van der Waals surface area contributed by atoms with Gasteiger partial charge in [-0.3, -0.25) is 5.32 Å². The van der Waals surface area contributed by atoms with Crippen LogP contribution >= 0.6 is 11.3 Å². The first kappa shape index (κ1) is 16.4. The van der Waals surface area contributed by atoms with Crippen LogP contribution in [0.4, 0.5) is 10.6 Å². The van der Waals surface area contributed by atoms with E-state index in [2.05, 4.69) is 46.5 Å². The van der Waals surface area contributed by atoms with Crippen molar-refractivity contribution < 1.29 is 4.79 Å². The number of hydrogen-bond donors (Lipinski definition) is 2. The molecule has 0 bridgehead atoms. The van der Waals surface area contributed by atoms with Gasteiger partial charge in [-0.15, -0.1) is 16.4 Å². The zero-order chi connectivity index (χ0) is 15.9. The number of nitrogens with one attached hydrogen (secondary N) is 2. The SMILES string of the molecule is CC[C@H](C)N(C)CCNC(=O)Nc1ccn(-c2nccs2)n1. The van der Waals surface area contributed by atoms with E-state index in [9.17, 15) is 4.79 Å². The van der Waals surface area contributed by atoms with Gasteiger partial charge in [-0.05, 0) is 20.4 Å². The summed E-state index contributed by atoms with van der Waals surface area (Å²) in [6, 6.07) is 2.01. The molecule has 0 fully saturated rings. The maximum Gasteiger partial charge on any atom is 0.320 e. The van der Waals surface area contributed by atoms with Crippen molar-refractivity contribution in [1.82, 2.24) is 25.0 Å². The first-order valence-corrected chi connectivity index (χ1v) is 8.18. The van der Waals surface area contributed by atoms with Crippen molar-refractivity contribution >= 4 is 23.2 Å². The highest BCUT2D eigenvalue weighted by molar-refractivity contribution is 7.12. The Hall–Kier alpha value is -1.93. The van der Waals surface area contributed by atoms with Crippen LogP contribution in [-0.4, -0.2) is 51.9 Å². The Morgan fingerprint density at radius 3 is 3.05 bits per heavy atom. The minimum Gasteiger partial charge on any atom is -0.337 e. The number of thiazole rings is 1. The molecule has 0 radical (unpaired) electrons. The van der Waals surface area contributed by atoms with E-state index < -0.39 is 0 Å². The third kappa shape index (κ3) is 4.54. The average molecular weight is 322 g/mol. The smallest absolute Gasteiger partial charge is 0.320 e. The first-order chi connectivity index (χ1) is 10.6. The van der Waals surface area contributed by atoms with Gasteiger partial charge in [0.2, 0.25) is 5.13 Å². The van der Waals surface area contributed by atoms with Gasteiger partial charge in [0.05, 0.1) is 0 Å². The van der Waals surface area contributed by atoms with Crippen molar-refractivity contribution in [2.75, 3.05) is 25.5 Å².